The monoisotopic (exact) mass is 195 g/mol. The highest BCUT2D eigenvalue weighted by atomic mass is 16.2. The molecule has 1 saturated carbocycles. The van der Waals surface area contributed by atoms with Gasteiger partial charge in [0, 0.05) is 0 Å². The lowest BCUT2D eigenvalue weighted by atomic mass is 9.71. The van der Waals surface area contributed by atoms with Gasteiger partial charge in [-0.3, -0.25) is 10.7 Å². The smallest absolute Gasteiger partial charge is 0.321 e. The van der Waals surface area contributed by atoms with Gasteiger partial charge in [-0.2, -0.15) is 0 Å². The van der Waals surface area contributed by atoms with Gasteiger partial charge in [-0.25, -0.2) is 4.79 Å². The van der Waals surface area contributed by atoms with E-state index in [1.807, 2.05) is 0 Å². The van der Waals surface area contributed by atoms with Crippen LogP contribution < -0.4 is 10.6 Å². The van der Waals surface area contributed by atoms with Gasteiger partial charge >= 0.3 is 6.03 Å². The van der Waals surface area contributed by atoms with Crippen molar-refractivity contribution in [2.45, 2.75) is 38.6 Å². The number of urea groups is 1. The number of carbonyl (C=O) groups excluding carboxylic acids is 1. The lowest BCUT2D eigenvalue weighted by Gasteiger charge is -2.38. The summed E-state index contributed by atoms with van der Waals surface area (Å²) in [7, 11) is 0. The lowest BCUT2D eigenvalue weighted by molar-refractivity contribution is 0.203. The van der Waals surface area contributed by atoms with Gasteiger partial charge in [0.1, 0.15) is 5.84 Å². The third-order valence-corrected chi connectivity index (χ3v) is 3.27. The molecule has 2 unspecified atom stereocenters. The maximum Gasteiger partial charge on any atom is 0.321 e. The Morgan fingerprint density at radius 2 is 1.93 bits per heavy atom. The molecule has 1 spiro atoms. The molecule has 1 saturated heterocycles. The quantitative estimate of drug-likeness (QED) is 0.538. The van der Waals surface area contributed by atoms with E-state index >= 15 is 0 Å². The van der Waals surface area contributed by atoms with E-state index in [4.69, 9.17) is 5.41 Å². The second-order valence-electron chi connectivity index (χ2n) is 4.89. The maximum absolute atomic E-state index is 11.2. The van der Waals surface area contributed by atoms with Crippen LogP contribution in [0, 0.1) is 17.2 Å². The molecule has 1 heterocycles. The molecule has 0 bridgehead atoms. The van der Waals surface area contributed by atoms with E-state index in [2.05, 4.69) is 24.5 Å². The van der Waals surface area contributed by atoms with E-state index < -0.39 is 0 Å². The number of rotatable bonds is 0. The zero-order valence-electron chi connectivity index (χ0n) is 8.68. The van der Waals surface area contributed by atoms with Crippen molar-refractivity contribution in [3.63, 3.8) is 0 Å². The predicted molar refractivity (Wildman–Crippen MR) is 54.3 cm³/mol. The van der Waals surface area contributed by atoms with Gasteiger partial charge in [0.15, 0.2) is 0 Å². The molecule has 3 N–H and O–H groups in total. The van der Waals surface area contributed by atoms with Gasteiger partial charge in [0.05, 0.1) is 5.54 Å². The highest BCUT2D eigenvalue weighted by Gasteiger charge is 2.47. The maximum atomic E-state index is 11.2. The van der Waals surface area contributed by atoms with Crippen LogP contribution >= 0.6 is 0 Å². The summed E-state index contributed by atoms with van der Waals surface area (Å²) in [4.78, 5) is 11.2. The van der Waals surface area contributed by atoms with E-state index in [0.717, 1.165) is 12.8 Å². The SMILES string of the molecule is CC1CC(C)CC2(C1)NC(=O)NC2=N. The molecular formula is C10H17N3O. The van der Waals surface area contributed by atoms with Crippen molar-refractivity contribution in [3.05, 3.63) is 0 Å². The summed E-state index contributed by atoms with van der Waals surface area (Å²) in [6.45, 7) is 4.38. The third kappa shape index (κ3) is 1.38. The highest BCUT2D eigenvalue weighted by Crippen LogP contribution is 2.37. The zero-order chi connectivity index (χ0) is 10.3. The third-order valence-electron chi connectivity index (χ3n) is 3.27. The number of nitrogens with one attached hydrogen (secondary N) is 3. The fourth-order valence-corrected chi connectivity index (χ4v) is 2.98. The van der Waals surface area contributed by atoms with Crippen LogP contribution in [0.1, 0.15) is 33.1 Å². The molecule has 2 atom stereocenters. The first-order valence-electron chi connectivity index (χ1n) is 5.20. The van der Waals surface area contributed by atoms with Crippen LogP contribution in [0.3, 0.4) is 0 Å². The van der Waals surface area contributed by atoms with Crippen molar-refractivity contribution in [1.82, 2.24) is 10.6 Å². The summed E-state index contributed by atoms with van der Waals surface area (Å²) < 4.78 is 0. The average Bonchev–Trinajstić information content (AvgIpc) is 2.23. The first kappa shape index (κ1) is 9.49. The topological polar surface area (TPSA) is 65.0 Å². The molecule has 1 aliphatic carbocycles. The second-order valence-corrected chi connectivity index (χ2v) is 4.89. The normalized spacial score (nSPS) is 42.4. The summed E-state index contributed by atoms with van der Waals surface area (Å²) >= 11 is 0. The van der Waals surface area contributed by atoms with Gasteiger partial charge in [0.2, 0.25) is 0 Å². The minimum Gasteiger partial charge on any atom is -0.325 e. The van der Waals surface area contributed by atoms with Crippen molar-refractivity contribution in [1.29, 1.82) is 5.41 Å². The Kier molecular flexibility index (Phi) is 2.01. The Morgan fingerprint density at radius 1 is 1.36 bits per heavy atom. The molecule has 0 aromatic carbocycles. The molecule has 0 aromatic rings. The van der Waals surface area contributed by atoms with Gasteiger partial charge < -0.3 is 5.32 Å². The minimum absolute atomic E-state index is 0.212. The molecule has 0 aromatic heterocycles. The number of carbonyl (C=O) groups is 1. The number of amides is 2. The van der Waals surface area contributed by atoms with Gasteiger partial charge in [0.25, 0.3) is 0 Å². The van der Waals surface area contributed by atoms with Crippen LogP contribution in [0.4, 0.5) is 4.79 Å². The van der Waals surface area contributed by atoms with Crippen molar-refractivity contribution in [3.8, 4) is 0 Å². The molecule has 2 amide bonds. The summed E-state index contributed by atoms with van der Waals surface area (Å²) in [6.07, 6.45) is 2.99. The summed E-state index contributed by atoms with van der Waals surface area (Å²) in [6, 6.07) is -0.212. The van der Waals surface area contributed by atoms with Crippen LogP contribution in [0.5, 0.6) is 0 Å². The van der Waals surface area contributed by atoms with E-state index in [9.17, 15) is 4.79 Å². The van der Waals surface area contributed by atoms with Crippen LogP contribution in [-0.4, -0.2) is 17.4 Å². The van der Waals surface area contributed by atoms with Crippen molar-refractivity contribution in [2.24, 2.45) is 11.8 Å². The number of amidine groups is 1. The van der Waals surface area contributed by atoms with Crippen LogP contribution in [0.15, 0.2) is 0 Å². The summed E-state index contributed by atoms with van der Waals surface area (Å²) in [5.74, 6) is 1.53. The fourth-order valence-electron chi connectivity index (χ4n) is 2.98. The molecule has 14 heavy (non-hydrogen) atoms. The Bertz CT molecular complexity index is 277. The first-order valence-corrected chi connectivity index (χ1v) is 5.20. The van der Waals surface area contributed by atoms with Gasteiger partial charge in [-0.15, -0.1) is 0 Å². The van der Waals surface area contributed by atoms with E-state index in [0.29, 0.717) is 17.7 Å². The predicted octanol–water partition coefficient (Wildman–Crippen LogP) is 1.47. The standard InChI is InChI=1S/C10H17N3O/c1-6-3-7(2)5-10(4-6)8(11)12-9(14)13-10/h6-7H,3-5H2,1-2H3,(H3,11,12,13,14). The molecular weight excluding hydrogens is 178 g/mol. The Balaban J connectivity index is 2.22. The molecule has 0 radical (unpaired) electrons. The Labute approximate surface area is 84.0 Å². The van der Waals surface area contributed by atoms with E-state index in [1.54, 1.807) is 0 Å². The van der Waals surface area contributed by atoms with Gasteiger partial charge in [-0.05, 0) is 31.1 Å². The fraction of sp³-hybridized carbons (Fsp3) is 0.800. The second kappa shape index (κ2) is 2.97. The first-order chi connectivity index (χ1) is 6.52. The molecule has 2 rings (SSSR count). The van der Waals surface area contributed by atoms with Crippen molar-refractivity contribution in [2.75, 3.05) is 0 Å². The molecule has 4 heteroatoms. The van der Waals surface area contributed by atoms with Crippen LogP contribution in [-0.2, 0) is 0 Å². The largest absolute Gasteiger partial charge is 0.325 e. The van der Waals surface area contributed by atoms with Crippen molar-refractivity contribution < 1.29 is 4.79 Å². The molecule has 78 valence electrons. The highest BCUT2D eigenvalue weighted by molar-refractivity contribution is 6.08. The molecule has 4 nitrogen and oxygen atoms in total. The lowest BCUT2D eigenvalue weighted by Crippen LogP contribution is -2.51. The van der Waals surface area contributed by atoms with Crippen LogP contribution in [0.25, 0.3) is 0 Å². The van der Waals surface area contributed by atoms with E-state index in [-0.39, 0.29) is 11.6 Å². The zero-order valence-corrected chi connectivity index (χ0v) is 8.68. The number of hydrogen-bond acceptors (Lipinski definition) is 2. The Hall–Kier alpha value is -1.06. The summed E-state index contributed by atoms with van der Waals surface area (Å²) in [5.41, 5.74) is -0.381. The van der Waals surface area contributed by atoms with Crippen molar-refractivity contribution >= 4 is 11.9 Å². The van der Waals surface area contributed by atoms with Gasteiger partial charge in [-0.1, -0.05) is 13.8 Å². The van der Waals surface area contributed by atoms with E-state index in [1.165, 1.54) is 6.42 Å². The molecule has 1 aliphatic heterocycles. The summed E-state index contributed by atoms with van der Waals surface area (Å²) in [5, 5.41) is 13.3. The van der Waals surface area contributed by atoms with Crippen LogP contribution in [0.2, 0.25) is 0 Å². The Morgan fingerprint density at radius 3 is 2.36 bits per heavy atom. The minimum atomic E-state index is -0.381. The average molecular weight is 195 g/mol. The molecule has 2 aliphatic rings. The molecule has 2 fully saturated rings. The number of hydrogen-bond donors (Lipinski definition) is 3.